The molecule has 1 unspecified atom stereocenters. The van der Waals surface area contributed by atoms with Crippen LogP contribution in [0.5, 0.6) is 0 Å². The van der Waals surface area contributed by atoms with Crippen molar-refractivity contribution in [2.75, 3.05) is 6.54 Å². The highest BCUT2D eigenvalue weighted by Gasteiger charge is 2.64. The summed E-state index contributed by atoms with van der Waals surface area (Å²) in [6, 6.07) is -0.302. The Kier molecular flexibility index (Phi) is 3.30. The molecule has 2 aliphatic heterocycles. The van der Waals surface area contributed by atoms with Gasteiger partial charge in [0.05, 0.1) is 0 Å². The van der Waals surface area contributed by atoms with Crippen molar-refractivity contribution < 1.29 is 19.1 Å². The number of rotatable bonds is 2. The van der Waals surface area contributed by atoms with Crippen molar-refractivity contribution in [1.82, 2.24) is 4.90 Å². The van der Waals surface area contributed by atoms with Crippen LogP contribution in [-0.2, 0) is 14.3 Å². The lowest BCUT2D eigenvalue weighted by Crippen LogP contribution is -2.43. The first-order valence-electron chi connectivity index (χ1n) is 7.71. The van der Waals surface area contributed by atoms with E-state index in [2.05, 4.69) is 11.6 Å². The van der Waals surface area contributed by atoms with E-state index in [0.29, 0.717) is 18.9 Å². The van der Waals surface area contributed by atoms with Gasteiger partial charge in [0.1, 0.15) is 11.6 Å². The zero-order valence-corrected chi connectivity index (χ0v) is 13.3. The van der Waals surface area contributed by atoms with Crippen molar-refractivity contribution in [3.05, 3.63) is 12.7 Å². The van der Waals surface area contributed by atoms with Crippen LogP contribution in [0.4, 0.5) is 4.79 Å². The Morgan fingerprint density at radius 2 is 2.27 bits per heavy atom. The summed E-state index contributed by atoms with van der Waals surface area (Å²) in [5, 5.41) is 0. The molecule has 1 amide bonds. The molecule has 0 N–H and O–H groups in total. The molecule has 6 nitrogen and oxygen atoms in total. The number of hydrogen-bond donors (Lipinski definition) is 0. The number of esters is 1. The smallest absolute Gasteiger partial charge is 0.410 e. The van der Waals surface area contributed by atoms with Crippen molar-refractivity contribution in [2.45, 2.75) is 57.2 Å². The molecule has 2 heterocycles. The Labute approximate surface area is 130 Å². The van der Waals surface area contributed by atoms with Crippen LogP contribution in [-0.4, -0.2) is 46.6 Å². The molecule has 0 aromatic heterocycles. The summed E-state index contributed by atoms with van der Waals surface area (Å²) in [5.74, 6) is 0.0926. The lowest BCUT2D eigenvalue weighted by Gasteiger charge is -2.27. The lowest BCUT2D eigenvalue weighted by molar-refractivity contribution is -0.136. The topological polar surface area (TPSA) is 68.2 Å². The largest absolute Gasteiger partial charge is 0.444 e. The van der Waals surface area contributed by atoms with Crippen molar-refractivity contribution in [3.8, 4) is 0 Å². The molecule has 22 heavy (non-hydrogen) atoms. The normalized spacial score (nSPS) is 33.7. The lowest BCUT2D eigenvalue weighted by atomic mass is 10.2. The Balaban J connectivity index is 1.76. The third kappa shape index (κ3) is 2.40. The van der Waals surface area contributed by atoms with Crippen LogP contribution in [0.2, 0.25) is 0 Å². The summed E-state index contributed by atoms with van der Waals surface area (Å²) >= 11 is 0. The fraction of sp³-hybridized carbons (Fsp3) is 0.688. The van der Waals surface area contributed by atoms with Gasteiger partial charge < -0.3 is 9.47 Å². The summed E-state index contributed by atoms with van der Waals surface area (Å²) in [7, 11) is 0. The van der Waals surface area contributed by atoms with E-state index in [9.17, 15) is 9.59 Å². The van der Waals surface area contributed by atoms with Crippen molar-refractivity contribution in [2.24, 2.45) is 10.9 Å². The van der Waals surface area contributed by atoms with E-state index in [4.69, 9.17) is 9.47 Å². The second-order valence-corrected chi connectivity index (χ2v) is 7.14. The maximum atomic E-state index is 12.3. The predicted octanol–water partition coefficient (Wildman–Crippen LogP) is 2.29. The standard InChI is InChI=1S/C16H22N2O4/c1-5-10-9-16(10)13(19)21-12(17-16)11-7-6-8-18(11)14(20)22-15(2,3)4/h5,10-11H,1,6-9H2,2-4H3/t10?,11-,16+/m0/s1. The van der Waals surface area contributed by atoms with Gasteiger partial charge in [-0.25, -0.2) is 14.6 Å². The van der Waals surface area contributed by atoms with E-state index in [0.717, 1.165) is 12.8 Å². The molecule has 3 atom stereocenters. The molecule has 1 saturated carbocycles. The maximum Gasteiger partial charge on any atom is 0.410 e. The summed E-state index contributed by atoms with van der Waals surface area (Å²) in [4.78, 5) is 30.5. The molecular weight excluding hydrogens is 284 g/mol. The van der Waals surface area contributed by atoms with Gasteiger partial charge in [-0.05, 0) is 40.0 Å². The first kappa shape index (κ1) is 15.1. The average molecular weight is 306 g/mol. The Bertz CT molecular complexity index is 563. The van der Waals surface area contributed by atoms with E-state index < -0.39 is 11.1 Å². The number of cyclic esters (lactones) is 1. The van der Waals surface area contributed by atoms with Crippen LogP contribution in [0.3, 0.4) is 0 Å². The minimum Gasteiger partial charge on any atom is -0.444 e. The maximum absolute atomic E-state index is 12.3. The first-order valence-corrected chi connectivity index (χ1v) is 7.71. The molecule has 0 aromatic carbocycles. The fourth-order valence-electron chi connectivity index (χ4n) is 3.07. The second-order valence-electron chi connectivity index (χ2n) is 7.14. The second kappa shape index (κ2) is 4.83. The van der Waals surface area contributed by atoms with E-state index in [-0.39, 0.29) is 24.0 Å². The number of aliphatic imine (C=N–C) groups is 1. The highest BCUT2D eigenvalue weighted by Crippen LogP contribution is 2.52. The monoisotopic (exact) mass is 306 g/mol. The predicted molar refractivity (Wildman–Crippen MR) is 80.5 cm³/mol. The Hall–Kier alpha value is -1.85. The van der Waals surface area contributed by atoms with Crippen LogP contribution >= 0.6 is 0 Å². The average Bonchev–Trinajstić information content (AvgIpc) is 2.77. The molecule has 0 bridgehead atoms. The number of carbonyl (C=O) groups is 2. The molecule has 6 heteroatoms. The van der Waals surface area contributed by atoms with Gasteiger partial charge in [0.2, 0.25) is 5.90 Å². The van der Waals surface area contributed by atoms with Crippen molar-refractivity contribution >= 4 is 18.0 Å². The summed E-state index contributed by atoms with van der Waals surface area (Å²) in [6.45, 7) is 9.80. The van der Waals surface area contributed by atoms with Crippen LogP contribution in [0.1, 0.15) is 40.0 Å². The van der Waals surface area contributed by atoms with Gasteiger partial charge in [-0.2, -0.15) is 0 Å². The van der Waals surface area contributed by atoms with Gasteiger partial charge in [-0.15, -0.1) is 6.58 Å². The summed E-state index contributed by atoms with van der Waals surface area (Å²) < 4.78 is 10.8. The quantitative estimate of drug-likeness (QED) is 0.580. The molecule has 120 valence electrons. The minimum atomic E-state index is -0.765. The first-order chi connectivity index (χ1) is 10.3. The minimum absolute atomic E-state index is 0.0499. The zero-order valence-electron chi connectivity index (χ0n) is 13.3. The SMILES string of the molecule is C=CC1C[C@@]12N=C([C@@H]1CCCN1C(=O)OC(C)(C)C)OC2=O. The molecule has 3 rings (SSSR count). The summed E-state index contributed by atoms with van der Waals surface area (Å²) in [5.41, 5.74) is -1.32. The number of amides is 1. The van der Waals surface area contributed by atoms with E-state index in [1.54, 1.807) is 11.0 Å². The van der Waals surface area contributed by atoms with Crippen LogP contribution in [0, 0.1) is 5.92 Å². The molecule has 3 aliphatic rings. The van der Waals surface area contributed by atoms with Gasteiger partial charge >= 0.3 is 12.1 Å². The number of ether oxygens (including phenoxy) is 2. The highest BCUT2D eigenvalue weighted by atomic mass is 16.6. The van der Waals surface area contributed by atoms with Gasteiger partial charge in [-0.3, -0.25) is 4.90 Å². The van der Waals surface area contributed by atoms with E-state index >= 15 is 0 Å². The molecule has 0 radical (unpaired) electrons. The Morgan fingerprint density at radius 1 is 1.55 bits per heavy atom. The van der Waals surface area contributed by atoms with Gasteiger partial charge in [0, 0.05) is 12.5 Å². The molecular formula is C16H22N2O4. The molecule has 1 saturated heterocycles. The molecule has 0 aromatic rings. The van der Waals surface area contributed by atoms with Gasteiger partial charge in [0.15, 0.2) is 5.54 Å². The molecule has 2 fully saturated rings. The van der Waals surface area contributed by atoms with Crippen LogP contribution < -0.4 is 0 Å². The highest BCUT2D eigenvalue weighted by molar-refractivity contribution is 6.05. The number of nitrogens with zero attached hydrogens (tertiary/aromatic N) is 2. The fourth-order valence-corrected chi connectivity index (χ4v) is 3.07. The third-order valence-electron chi connectivity index (χ3n) is 4.30. The molecule has 1 aliphatic carbocycles. The van der Waals surface area contributed by atoms with Crippen LogP contribution in [0.25, 0.3) is 0 Å². The van der Waals surface area contributed by atoms with Gasteiger partial charge in [-0.1, -0.05) is 6.08 Å². The van der Waals surface area contributed by atoms with Crippen molar-refractivity contribution in [1.29, 1.82) is 0 Å². The van der Waals surface area contributed by atoms with E-state index in [1.807, 2.05) is 20.8 Å². The zero-order chi connectivity index (χ0) is 16.1. The van der Waals surface area contributed by atoms with E-state index in [1.165, 1.54) is 0 Å². The summed E-state index contributed by atoms with van der Waals surface area (Å²) in [6.07, 6.45) is 3.59. The molecule has 1 spiro atoms. The van der Waals surface area contributed by atoms with Gasteiger partial charge in [0.25, 0.3) is 0 Å². The Morgan fingerprint density at radius 3 is 2.86 bits per heavy atom. The number of hydrogen-bond acceptors (Lipinski definition) is 5. The van der Waals surface area contributed by atoms with Crippen molar-refractivity contribution in [3.63, 3.8) is 0 Å². The third-order valence-corrected chi connectivity index (χ3v) is 4.30. The number of carbonyl (C=O) groups excluding carboxylic acids is 2. The number of likely N-dealkylation sites (tertiary alicyclic amines) is 1. The van der Waals surface area contributed by atoms with Crippen LogP contribution in [0.15, 0.2) is 17.6 Å².